The largest absolute Gasteiger partial charge is 0.363 e. The van der Waals surface area contributed by atoms with Crippen LogP contribution in [0, 0.1) is 0 Å². The first-order chi connectivity index (χ1) is 9.60. The minimum atomic E-state index is 0.426. The summed E-state index contributed by atoms with van der Waals surface area (Å²) in [5.74, 6) is 1.30. The Balaban J connectivity index is 2.17. The minimum Gasteiger partial charge on any atom is -0.363 e. The second kappa shape index (κ2) is 7.04. The van der Waals surface area contributed by atoms with E-state index in [4.69, 9.17) is 23.8 Å². The molecule has 0 saturated carbocycles. The summed E-state index contributed by atoms with van der Waals surface area (Å²) in [6.45, 7) is 5.95. The van der Waals surface area contributed by atoms with Crippen LogP contribution in [0.3, 0.4) is 0 Å². The van der Waals surface area contributed by atoms with Gasteiger partial charge in [0.25, 0.3) is 0 Å². The standard InChI is InChI=1S/C13H20ClN5S/c1-3-15-13(20)18-12-16-10(14)8-11(17-12)19-7-5-4-6-9(19)2/h8-9H,3-7H2,1-2H3,(H2,15,16,17,18,20)/t9-/m1/s1. The van der Waals surface area contributed by atoms with Crippen molar-refractivity contribution < 1.29 is 0 Å². The predicted molar refractivity (Wildman–Crippen MR) is 87.6 cm³/mol. The molecule has 2 N–H and O–H groups in total. The van der Waals surface area contributed by atoms with E-state index in [0.717, 1.165) is 18.9 Å². The highest BCUT2D eigenvalue weighted by molar-refractivity contribution is 7.80. The molecule has 1 fully saturated rings. The van der Waals surface area contributed by atoms with E-state index in [-0.39, 0.29) is 0 Å². The van der Waals surface area contributed by atoms with Gasteiger partial charge in [0, 0.05) is 25.2 Å². The molecule has 2 rings (SSSR count). The number of thiocarbonyl (C=S) groups is 1. The third kappa shape index (κ3) is 3.93. The van der Waals surface area contributed by atoms with Crippen molar-refractivity contribution in [2.75, 3.05) is 23.3 Å². The number of rotatable bonds is 3. The molecule has 7 heteroatoms. The molecule has 5 nitrogen and oxygen atoms in total. The third-order valence-electron chi connectivity index (χ3n) is 3.34. The van der Waals surface area contributed by atoms with E-state index >= 15 is 0 Å². The van der Waals surface area contributed by atoms with Crippen molar-refractivity contribution in [2.24, 2.45) is 0 Å². The Labute approximate surface area is 130 Å². The van der Waals surface area contributed by atoms with Crippen molar-refractivity contribution in [3.63, 3.8) is 0 Å². The number of piperidine rings is 1. The Hall–Kier alpha value is -1.14. The zero-order valence-corrected chi connectivity index (χ0v) is 13.4. The Kier molecular flexibility index (Phi) is 5.37. The van der Waals surface area contributed by atoms with Gasteiger partial charge in [-0.3, -0.25) is 0 Å². The first-order valence-corrected chi connectivity index (χ1v) is 7.75. The molecule has 1 atom stereocenters. The van der Waals surface area contributed by atoms with E-state index in [1.54, 1.807) is 0 Å². The molecule has 1 aliphatic heterocycles. The second-order valence-electron chi connectivity index (χ2n) is 4.90. The fourth-order valence-electron chi connectivity index (χ4n) is 2.35. The monoisotopic (exact) mass is 313 g/mol. The molecule has 0 aliphatic carbocycles. The highest BCUT2D eigenvalue weighted by atomic mass is 35.5. The fourth-order valence-corrected chi connectivity index (χ4v) is 2.77. The third-order valence-corrected chi connectivity index (χ3v) is 3.78. The molecular formula is C13H20ClN5S. The first-order valence-electron chi connectivity index (χ1n) is 6.96. The number of halogens is 1. The average Bonchev–Trinajstić information content (AvgIpc) is 2.38. The van der Waals surface area contributed by atoms with E-state index in [2.05, 4.69) is 32.4 Å². The van der Waals surface area contributed by atoms with Gasteiger partial charge in [0.05, 0.1) is 0 Å². The molecule has 2 heterocycles. The normalized spacial score (nSPS) is 18.8. The molecular weight excluding hydrogens is 294 g/mol. The van der Waals surface area contributed by atoms with Crippen LogP contribution in [-0.4, -0.2) is 34.2 Å². The lowest BCUT2D eigenvalue weighted by molar-refractivity contribution is 0.481. The van der Waals surface area contributed by atoms with Gasteiger partial charge in [0.15, 0.2) is 5.11 Å². The maximum atomic E-state index is 6.10. The zero-order chi connectivity index (χ0) is 14.5. The summed E-state index contributed by atoms with van der Waals surface area (Å²) < 4.78 is 0. The smallest absolute Gasteiger partial charge is 0.232 e. The first kappa shape index (κ1) is 15.3. The lowest BCUT2D eigenvalue weighted by atomic mass is 10.0. The molecule has 1 aromatic heterocycles. The van der Waals surface area contributed by atoms with E-state index in [0.29, 0.717) is 22.3 Å². The number of hydrogen-bond donors (Lipinski definition) is 2. The molecule has 1 saturated heterocycles. The number of nitrogens with one attached hydrogen (secondary N) is 2. The van der Waals surface area contributed by atoms with Crippen molar-refractivity contribution in [3.8, 4) is 0 Å². The Morgan fingerprint density at radius 1 is 1.50 bits per heavy atom. The maximum absolute atomic E-state index is 6.10. The SMILES string of the molecule is CCNC(=S)Nc1nc(Cl)cc(N2CCCC[C@H]2C)n1. The van der Waals surface area contributed by atoms with Gasteiger partial charge in [-0.15, -0.1) is 0 Å². The summed E-state index contributed by atoms with van der Waals surface area (Å²) in [6.07, 6.45) is 3.64. The van der Waals surface area contributed by atoms with Crippen LogP contribution in [0.2, 0.25) is 5.15 Å². The van der Waals surface area contributed by atoms with Gasteiger partial charge in [0.1, 0.15) is 11.0 Å². The lowest BCUT2D eigenvalue weighted by Crippen LogP contribution is -2.38. The summed E-state index contributed by atoms with van der Waals surface area (Å²) in [5, 5.41) is 6.90. The highest BCUT2D eigenvalue weighted by Crippen LogP contribution is 2.25. The number of aromatic nitrogens is 2. The van der Waals surface area contributed by atoms with Crippen molar-refractivity contribution in [2.45, 2.75) is 39.2 Å². The van der Waals surface area contributed by atoms with Crippen molar-refractivity contribution >= 4 is 40.7 Å². The maximum Gasteiger partial charge on any atom is 0.232 e. The molecule has 0 unspecified atom stereocenters. The van der Waals surface area contributed by atoms with E-state index in [9.17, 15) is 0 Å². The van der Waals surface area contributed by atoms with Crippen LogP contribution in [0.25, 0.3) is 0 Å². The second-order valence-corrected chi connectivity index (χ2v) is 5.69. The molecule has 0 spiro atoms. The summed E-state index contributed by atoms with van der Waals surface area (Å²) in [6, 6.07) is 2.29. The fraction of sp³-hybridized carbons (Fsp3) is 0.615. The average molecular weight is 314 g/mol. The van der Waals surface area contributed by atoms with Crippen LogP contribution in [0.4, 0.5) is 11.8 Å². The van der Waals surface area contributed by atoms with Crippen molar-refractivity contribution in [3.05, 3.63) is 11.2 Å². The summed E-state index contributed by atoms with van der Waals surface area (Å²) in [4.78, 5) is 11.0. The molecule has 20 heavy (non-hydrogen) atoms. The Morgan fingerprint density at radius 2 is 2.30 bits per heavy atom. The van der Waals surface area contributed by atoms with Crippen molar-refractivity contribution in [1.29, 1.82) is 0 Å². The topological polar surface area (TPSA) is 53.1 Å². The van der Waals surface area contributed by atoms with Crippen LogP contribution in [0.5, 0.6) is 0 Å². The van der Waals surface area contributed by atoms with Crippen LogP contribution in [0.15, 0.2) is 6.07 Å². The van der Waals surface area contributed by atoms with Gasteiger partial charge >= 0.3 is 0 Å². The Bertz CT molecular complexity index is 482. The van der Waals surface area contributed by atoms with Crippen LogP contribution in [0.1, 0.15) is 33.1 Å². The molecule has 0 bridgehead atoms. The van der Waals surface area contributed by atoms with Crippen LogP contribution in [-0.2, 0) is 0 Å². The van der Waals surface area contributed by atoms with Gasteiger partial charge in [-0.2, -0.15) is 4.98 Å². The van der Waals surface area contributed by atoms with E-state index in [1.165, 1.54) is 19.3 Å². The summed E-state index contributed by atoms with van der Waals surface area (Å²) in [5.41, 5.74) is 0. The quantitative estimate of drug-likeness (QED) is 0.661. The molecule has 1 aliphatic rings. The predicted octanol–water partition coefficient (Wildman–Crippen LogP) is 2.82. The van der Waals surface area contributed by atoms with Gasteiger partial charge in [-0.25, -0.2) is 4.98 Å². The van der Waals surface area contributed by atoms with Crippen LogP contribution < -0.4 is 15.5 Å². The van der Waals surface area contributed by atoms with Crippen molar-refractivity contribution in [1.82, 2.24) is 15.3 Å². The number of nitrogens with zero attached hydrogens (tertiary/aromatic N) is 3. The molecule has 110 valence electrons. The van der Waals surface area contributed by atoms with Gasteiger partial charge in [-0.05, 0) is 45.3 Å². The molecule has 0 aromatic carbocycles. The van der Waals surface area contributed by atoms with E-state index in [1.807, 2.05) is 13.0 Å². The van der Waals surface area contributed by atoms with Gasteiger partial charge < -0.3 is 15.5 Å². The molecule has 0 amide bonds. The zero-order valence-electron chi connectivity index (χ0n) is 11.8. The van der Waals surface area contributed by atoms with Gasteiger partial charge in [-0.1, -0.05) is 11.6 Å². The number of hydrogen-bond acceptors (Lipinski definition) is 4. The summed E-state index contributed by atoms with van der Waals surface area (Å²) >= 11 is 11.2. The molecule has 1 aromatic rings. The molecule has 0 radical (unpaired) electrons. The highest BCUT2D eigenvalue weighted by Gasteiger charge is 2.20. The Morgan fingerprint density at radius 3 is 3.00 bits per heavy atom. The minimum absolute atomic E-state index is 0.426. The van der Waals surface area contributed by atoms with E-state index < -0.39 is 0 Å². The number of anilines is 2. The summed E-state index contributed by atoms with van der Waals surface area (Å²) in [7, 11) is 0. The van der Waals surface area contributed by atoms with Crippen LogP contribution >= 0.6 is 23.8 Å². The lowest BCUT2D eigenvalue weighted by Gasteiger charge is -2.34. The van der Waals surface area contributed by atoms with Gasteiger partial charge in [0.2, 0.25) is 5.95 Å².